The minimum Gasteiger partial charge on any atom is -0.457 e. The Morgan fingerprint density at radius 1 is 0.774 bits per heavy atom. The van der Waals surface area contributed by atoms with Crippen molar-refractivity contribution in [1.29, 1.82) is 0 Å². The molecule has 2 heterocycles. The van der Waals surface area contributed by atoms with Crippen molar-refractivity contribution < 1.29 is 42.9 Å². The maximum atomic E-state index is 12.0. The maximum Gasteiger partial charge on any atom is 0.417 e. The highest BCUT2D eigenvalue weighted by atomic mass is 16.7. The lowest BCUT2D eigenvalue weighted by atomic mass is 10.1. The van der Waals surface area contributed by atoms with E-state index in [1.807, 2.05) is 0 Å². The van der Waals surface area contributed by atoms with Gasteiger partial charge in [-0.05, 0) is 6.42 Å². The van der Waals surface area contributed by atoms with Crippen LogP contribution >= 0.6 is 0 Å². The highest BCUT2D eigenvalue weighted by molar-refractivity contribution is 6.29. The van der Waals surface area contributed by atoms with Crippen molar-refractivity contribution in [2.75, 3.05) is 19.8 Å². The fourth-order valence-electron chi connectivity index (χ4n) is 3.73. The van der Waals surface area contributed by atoms with Gasteiger partial charge < -0.3 is 23.7 Å². The summed E-state index contributed by atoms with van der Waals surface area (Å²) < 4.78 is 25.9. The SMILES string of the molecule is [CH2]CCCCCCCCCCCOC(=O)C(=O)O[C@H]1COC2C1OC[C@@H]2OC(=O)C=O. The van der Waals surface area contributed by atoms with E-state index in [0.717, 1.165) is 25.7 Å². The fourth-order valence-corrected chi connectivity index (χ4v) is 3.73. The second-order valence-electron chi connectivity index (χ2n) is 7.80. The minimum absolute atomic E-state index is 0.00116. The summed E-state index contributed by atoms with van der Waals surface area (Å²) in [6, 6.07) is 0. The first-order chi connectivity index (χ1) is 15.1. The molecule has 2 saturated heterocycles. The van der Waals surface area contributed by atoms with E-state index in [4.69, 9.17) is 23.7 Å². The largest absolute Gasteiger partial charge is 0.457 e. The molecule has 0 aromatic rings. The van der Waals surface area contributed by atoms with E-state index in [1.54, 1.807) is 0 Å². The third-order valence-corrected chi connectivity index (χ3v) is 5.38. The standard InChI is InChI=1S/C22H33O9/c1-2-3-4-5-6-7-8-9-10-11-12-27-21(25)22(26)31-17-15-29-19-16(14-28-20(17)19)30-18(24)13-23/h13,16-17,19-20H,1-12,14-15H2/t16-,17-,19?,20?/m0/s1. The molecule has 2 fully saturated rings. The zero-order chi connectivity index (χ0) is 22.5. The Balaban J connectivity index is 1.53. The summed E-state index contributed by atoms with van der Waals surface area (Å²) in [5, 5.41) is 0. The second-order valence-corrected chi connectivity index (χ2v) is 7.80. The van der Waals surface area contributed by atoms with E-state index in [9.17, 15) is 19.2 Å². The molecule has 0 aromatic carbocycles. The van der Waals surface area contributed by atoms with E-state index in [1.165, 1.54) is 32.1 Å². The van der Waals surface area contributed by atoms with Crippen molar-refractivity contribution in [3.8, 4) is 0 Å². The molecule has 9 heteroatoms. The predicted molar refractivity (Wildman–Crippen MR) is 108 cm³/mol. The van der Waals surface area contributed by atoms with Gasteiger partial charge >= 0.3 is 17.9 Å². The number of ether oxygens (including phenoxy) is 5. The molecule has 0 aromatic heterocycles. The van der Waals surface area contributed by atoms with Gasteiger partial charge in [0.2, 0.25) is 6.29 Å². The second kappa shape index (κ2) is 14.1. The van der Waals surface area contributed by atoms with Gasteiger partial charge in [-0.3, -0.25) is 4.79 Å². The summed E-state index contributed by atoms with van der Waals surface area (Å²) in [6.07, 6.45) is 8.24. The Kier molecular flexibility index (Phi) is 11.5. The highest BCUT2D eigenvalue weighted by Gasteiger charge is 2.51. The zero-order valence-corrected chi connectivity index (χ0v) is 18.0. The lowest BCUT2D eigenvalue weighted by Gasteiger charge is -2.16. The van der Waals surface area contributed by atoms with Crippen LogP contribution in [0.1, 0.15) is 64.2 Å². The first kappa shape index (κ1) is 25.3. The van der Waals surface area contributed by atoms with Crippen molar-refractivity contribution in [3.63, 3.8) is 0 Å². The van der Waals surface area contributed by atoms with Gasteiger partial charge in [-0.15, -0.1) is 0 Å². The summed E-state index contributed by atoms with van der Waals surface area (Å²) in [5.74, 6) is -3.17. The van der Waals surface area contributed by atoms with Crippen LogP contribution in [0.5, 0.6) is 0 Å². The average Bonchev–Trinajstić information content (AvgIpc) is 3.35. The monoisotopic (exact) mass is 441 g/mol. The van der Waals surface area contributed by atoms with Crippen LogP contribution in [0.3, 0.4) is 0 Å². The van der Waals surface area contributed by atoms with Crippen LogP contribution in [0.4, 0.5) is 0 Å². The molecule has 1 radical (unpaired) electrons. The number of rotatable bonds is 14. The number of unbranched alkanes of at least 4 members (excludes halogenated alkanes) is 9. The number of carbonyl (C=O) groups excluding carboxylic acids is 4. The molecule has 9 nitrogen and oxygen atoms in total. The van der Waals surface area contributed by atoms with E-state index < -0.39 is 42.3 Å². The number of esters is 3. The van der Waals surface area contributed by atoms with Gasteiger partial charge in [0.05, 0.1) is 19.8 Å². The van der Waals surface area contributed by atoms with Crippen molar-refractivity contribution >= 4 is 24.2 Å². The molecule has 0 saturated carbocycles. The predicted octanol–water partition coefficient (Wildman–Crippen LogP) is 2.08. The first-order valence-electron chi connectivity index (χ1n) is 11.1. The molecule has 31 heavy (non-hydrogen) atoms. The summed E-state index contributed by atoms with van der Waals surface area (Å²) in [4.78, 5) is 45.3. The summed E-state index contributed by atoms with van der Waals surface area (Å²) >= 11 is 0. The number of fused-ring (bicyclic) bond motifs is 1. The molecule has 4 atom stereocenters. The number of hydrogen-bond donors (Lipinski definition) is 0. The van der Waals surface area contributed by atoms with Gasteiger partial charge in [-0.1, -0.05) is 64.7 Å². The van der Waals surface area contributed by atoms with Crippen LogP contribution in [0.25, 0.3) is 0 Å². The number of hydrogen-bond acceptors (Lipinski definition) is 9. The van der Waals surface area contributed by atoms with Crippen molar-refractivity contribution in [1.82, 2.24) is 0 Å². The molecule has 0 amide bonds. The zero-order valence-electron chi connectivity index (χ0n) is 18.0. The quantitative estimate of drug-likeness (QED) is 0.131. The van der Waals surface area contributed by atoms with Crippen LogP contribution in [-0.2, 0) is 42.9 Å². The lowest BCUT2D eigenvalue weighted by molar-refractivity contribution is -0.173. The van der Waals surface area contributed by atoms with Gasteiger partial charge in [0.15, 0.2) is 12.2 Å². The summed E-state index contributed by atoms with van der Waals surface area (Å²) in [5.41, 5.74) is 0. The minimum atomic E-state index is -1.10. The molecule has 2 aliphatic heterocycles. The topological polar surface area (TPSA) is 114 Å². The molecule has 0 aliphatic carbocycles. The van der Waals surface area contributed by atoms with Crippen molar-refractivity contribution in [2.45, 2.75) is 88.6 Å². The first-order valence-corrected chi connectivity index (χ1v) is 11.1. The Bertz CT molecular complexity index is 592. The molecule has 2 rings (SSSR count). The van der Waals surface area contributed by atoms with Crippen molar-refractivity contribution in [2.24, 2.45) is 0 Å². The van der Waals surface area contributed by atoms with Gasteiger partial charge in [0.25, 0.3) is 0 Å². The molecule has 0 spiro atoms. The van der Waals surface area contributed by atoms with E-state index >= 15 is 0 Å². The molecule has 0 N–H and O–H groups in total. The Morgan fingerprint density at radius 3 is 1.84 bits per heavy atom. The number of aldehydes is 1. The molecule has 2 aliphatic rings. The van der Waals surface area contributed by atoms with E-state index in [2.05, 4.69) is 6.92 Å². The van der Waals surface area contributed by atoms with Gasteiger partial charge in [-0.2, -0.15) is 0 Å². The third kappa shape index (κ3) is 8.57. The van der Waals surface area contributed by atoms with Gasteiger partial charge in [-0.25, -0.2) is 14.4 Å². The molecule has 0 bridgehead atoms. The lowest BCUT2D eigenvalue weighted by Crippen LogP contribution is -2.37. The van der Waals surface area contributed by atoms with Crippen LogP contribution in [0.15, 0.2) is 0 Å². The Labute approximate surface area is 183 Å². The highest BCUT2D eigenvalue weighted by Crippen LogP contribution is 2.30. The van der Waals surface area contributed by atoms with E-state index in [0.29, 0.717) is 6.42 Å². The molecular formula is C22H33O9. The van der Waals surface area contributed by atoms with E-state index in [-0.39, 0.29) is 26.1 Å². The average molecular weight is 441 g/mol. The summed E-state index contributed by atoms with van der Waals surface area (Å²) in [7, 11) is 0. The van der Waals surface area contributed by atoms with Gasteiger partial charge in [0.1, 0.15) is 12.2 Å². The maximum absolute atomic E-state index is 12.0. The van der Waals surface area contributed by atoms with Crippen LogP contribution in [-0.4, -0.2) is 68.4 Å². The molecule has 175 valence electrons. The number of carbonyl (C=O) groups is 4. The Hall–Kier alpha value is -2.00. The fraction of sp³-hybridized carbons (Fsp3) is 0.773. The van der Waals surface area contributed by atoms with Crippen LogP contribution < -0.4 is 0 Å². The normalized spacial score (nSPS) is 24.4. The van der Waals surface area contributed by atoms with Crippen LogP contribution in [0, 0.1) is 6.92 Å². The Morgan fingerprint density at radius 2 is 1.29 bits per heavy atom. The van der Waals surface area contributed by atoms with Crippen molar-refractivity contribution in [3.05, 3.63) is 6.92 Å². The van der Waals surface area contributed by atoms with Crippen LogP contribution in [0.2, 0.25) is 0 Å². The molecular weight excluding hydrogens is 408 g/mol. The summed E-state index contributed by atoms with van der Waals surface area (Å²) in [6.45, 7) is 4.02. The van der Waals surface area contributed by atoms with Gasteiger partial charge in [0, 0.05) is 0 Å². The third-order valence-electron chi connectivity index (χ3n) is 5.38. The smallest absolute Gasteiger partial charge is 0.417 e. The molecule has 2 unspecified atom stereocenters.